The molecule has 26 heteroatoms. The Kier molecular flexibility index (Phi) is 15.4. The summed E-state index contributed by atoms with van der Waals surface area (Å²) in [4.78, 5) is 74.7. The molecule has 0 bridgehead atoms. The van der Waals surface area contributed by atoms with E-state index in [1.165, 1.54) is 6.66 Å². The van der Waals surface area contributed by atoms with Crippen molar-refractivity contribution in [3.05, 3.63) is 77.9 Å². The number of aromatic nitrogens is 2. The van der Waals surface area contributed by atoms with Crippen LogP contribution in [0, 0.1) is 26.1 Å². The fraction of sp³-hybridized carbons (Fsp3) is 0.345. The number of nitro groups is 2. The Bertz CT molecular complexity index is 2160. The van der Waals surface area contributed by atoms with E-state index in [2.05, 4.69) is 5.10 Å². The summed E-state index contributed by atoms with van der Waals surface area (Å²) in [5, 5.41) is 32.9. The van der Waals surface area contributed by atoms with E-state index in [1.807, 2.05) is 0 Å². The van der Waals surface area contributed by atoms with Gasteiger partial charge < -0.3 is 21.5 Å². The number of rotatable bonds is 10. The standard InChI is InChI=1S/C14H13NO7S.C10H5Cl2F3N4O2.C5H12NO4P/c1-23(21,22)8-5-6-9(10(7-8)15(19)20)14(18)13-11(16)3-2-4-12(13)17;11-5-1-4(10(13,14)15)2-6(12)8(5)18-9(16)7(3-17-18)19(20)21;1-11(9,10)3-2-4(6)5(7)8/h5-7,13H,2-4H2,1H3;1-3H,16H2;4H,2-3,6H2,1H3,(H,7,8)(H,9,10). The summed E-state index contributed by atoms with van der Waals surface area (Å²) in [5.74, 6) is -5.15. The lowest BCUT2D eigenvalue weighted by Crippen LogP contribution is -2.35. The minimum Gasteiger partial charge on any atom is -0.480 e. The molecule has 2 unspecified atom stereocenters. The van der Waals surface area contributed by atoms with Crippen molar-refractivity contribution in [2.75, 3.05) is 24.8 Å². The molecular formula is C29H30Cl2F3N6O13PS. The Labute approximate surface area is 318 Å². The third kappa shape index (κ3) is 12.6. The molecule has 3 aromatic rings. The number of ketones is 3. The topological polar surface area (TPSA) is 316 Å². The van der Waals surface area contributed by atoms with E-state index in [0.29, 0.717) is 18.6 Å². The van der Waals surface area contributed by atoms with Crippen molar-refractivity contribution in [2.45, 2.75) is 42.8 Å². The molecule has 300 valence electrons. The number of alkyl halides is 3. The summed E-state index contributed by atoms with van der Waals surface area (Å²) >= 11 is 11.5. The van der Waals surface area contributed by atoms with Gasteiger partial charge in [-0.25, -0.2) is 13.1 Å². The van der Waals surface area contributed by atoms with E-state index < -0.39 is 96.8 Å². The number of nitrogens with two attached hydrogens (primary N) is 2. The van der Waals surface area contributed by atoms with Crippen molar-refractivity contribution in [2.24, 2.45) is 11.7 Å². The van der Waals surface area contributed by atoms with Crippen molar-refractivity contribution in [1.29, 1.82) is 0 Å². The van der Waals surface area contributed by atoms with Crippen LogP contribution in [0.15, 0.2) is 41.4 Å². The molecule has 2 aromatic carbocycles. The van der Waals surface area contributed by atoms with Gasteiger partial charge in [-0.3, -0.25) is 44.0 Å². The number of hydrogen-bond donors (Lipinski definition) is 4. The number of carboxylic acids is 1. The predicted octanol–water partition coefficient (Wildman–Crippen LogP) is 4.50. The zero-order valence-electron chi connectivity index (χ0n) is 28.2. The zero-order chi connectivity index (χ0) is 42.4. The van der Waals surface area contributed by atoms with Gasteiger partial charge in [0.1, 0.15) is 23.8 Å². The highest BCUT2D eigenvalue weighted by atomic mass is 35.5. The highest BCUT2D eigenvalue weighted by Gasteiger charge is 2.39. The summed E-state index contributed by atoms with van der Waals surface area (Å²) in [6.45, 7) is 1.18. The Morgan fingerprint density at radius 2 is 1.58 bits per heavy atom. The first-order valence-corrected chi connectivity index (χ1v) is 19.9. The molecule has 2 atom stereocenters. The molecule has 1 saturated carbocycles. The SMILES string of the molecule is CP(=O)(O)CCC(N)C(=O)O.CS(=O)(=O)c1ccc(C(=O)C2C(=O)CCCC2=O)c([N+](=O)[O-])c1.Nc1c([N+](=O)[O-])cnn1-c1c(Cl)cc(C(F)(F)F)cc1Cl. The maximum absolute atomic E-state index is 12.6. The van der Waals surface area contributed by atoms with Crippen LogP contribution in [-0.4, -0.2) is 86.5 Å². The largest absolute Gasteiger partial charge is 0.480 e. The number of hydrogen-bond acceptors (Lipinski definition) is 14. The number of nitrogens with zero attached hydrogens (tertiary/aromatic N) is 4. The van der Waals surface area contributed by atoms with Gasteiger partial charge >= 0.3 is 17.8 Å². The fourth-order valence-corrected chi connectivity index (χ4v) is 6.60. The van der Waals surface area contributed by atoms with Crippen molar-refractivity contribution < 1.29 is 65.2 Å². The number of carbonyl (C=O) groups is 4. The van der Waals surface area contributed by atoms with Gasteiger partial charge in [0.25, 0.3) is 5.69 Å². The Morgan fingerprint density at radius 3 is 1.98 bits per heavy atom. The smallest absolute Gasteiger partial charge is 0.416 e. The molecule has 4 rings (SSSR count). The van der Waals surface area contributed by atoms with Crippen LogP contribution in [0.5, 0.6) is 0 Å². The molecule has 1 aliphatic rings. The number of halogens is 5. The second-order valence-corrected chi connectivity index (χ2v) is 17.0. The molecule has 0 saturated heterocycles. The molecular weight excluding hydrogens is 831 g/mol. The quantitative estimate of drug-likeness (QED) is 0.0717. The number of nitrogen functional groups attached to an aromatic ring is 1. The van der Waals surface area contributed by atoms with Gasteiger partial charge in [0, 0.05) is 38.0 Å². The van der Waals surface area contributed by atoms with Crippen LogP contribution in [0.2, 0.25) is 10.0 Å². The van der Waals surface area contributed by atoms with Gasteiger partial charge in [-0.05, 0) is 37.1 Å². The zero-order valence-corrected chi connectivity index (χ0v) is 31.5. The molecule has 19 nitrogen and oxygen atoms in total. The van der Waals surface area contributed by atoms with E-state index in [9.17, 15) is 65.6 Å². The summed E-state index contributed by atoms with van der Waals surface area (Å²) in [6.07, 6.45) is -2.42. The summed E-state index contributed by atoms with van der Waals surface area (Å²) < 4.78 is 72.3. The normalized spacial score (nSPS) is 15.1. The van der Waals surface area contributed by atoms with Gasteiger partial charge in [0.15, 0.2) is 34.6 Å². The molecule has 0 spiro atoms. The predicted molar refractivity (Wildman–Crippen MR) is 188 cm³/mol. The van der Waals surface area contributed by atoms with Crippen LogP contribution < -0.4 is 11.5 Å². The van der Waals surface area contributed by atoms with Crippen LogP contribution in [-0.2, 0) is 35.0 Å². The lowest BCUT2D eigenvalue weighted by Gasteiger charge is -2.18. The van der Waals surface area contributed by atoms with Crippen molar-refractivity contribution >= 4 is 80.9 Å². The van der Waals surface area contributed by atoms with E-state index in [4.69, 9.17) is 44.7 Å². The minimum absolute atomic E-state index is 0.0412. The van der Waals surface area contributed by atoms with Crippen LogP contribution in [0.4, 0.5) is 30.4 Å². The first-order valence-electron chi connectivity index (χ1n) is 15.0. The Balaban J connectivity index is 0.000000303. The van der Waals surface area contributed by atoms with Crippen molar-refractivity contribution in [3.63, 3.8) is 0 Å². The van der Waals surface area contributed by atoms with Crippen molar-refractivity contribution in [3.8, 4) is 5.69 Å². The molecule has 55 heavy (non-hydrogen) atoms. The first kappa shape index (κ1) is 46.4. The van der Waals surface area contributed by atoms with Crippen LogP contribution >= 0.6 is 30.6 Å². The van der Waals surface area contributed by atoms with E-state index in [0.717, 1.165) is 35.3 Å². The van der Waals surface area contributed by atoms with Gasteiger partial charge in [0.2, 0.25) is 5.82 Å². The average molecular weight is 862 g/mol. The van der Waals surface area contributed by atoms with Crippen LogP contribution in [0.3, 0.4) is 0 Å². The third-order valence-corrected chi connectivity index (χ3v) is 10.1. The number of aliphatic carboxylic acids is 1. The molecule has 1 fully saturated rings. The van der Waals surface area contributed by atoms with E-state index in [-0.39, 0.29) is 46.1 Å². The molecule has 0 amide bonds. The average Bonchev–Trinajstić information content (AvgIpc) is 3.43. The molecule has 1 aromatic heterocycles. The number of carbonyl (C=O) groups excluding carboxylic acids is 3. The lowest BCUT2D eigenvalue weighted by molar-refractivity contribution is -0.385. The summed E-state index contributed by atoms with van der Waals surface area (Å²) in [6, 6.07) is 3.03. The van der Waals surface area contributed by atoms with Gasteiger partial charge in [-0.2, -0.15) is 18.3 Å². The highest BCUT2D eigenvalue weighted by Crippen LogP contribution is 2.39. The minimum atomic E-state index is -4.63. The molecule has 1 heterocycles. The number of nitro benzene ring substituents is 1. The second-order valence-electron chi connectivity index (χ2n) is 11.7. The highest BCUT2D eigenvalue weighted by molar-refractivity contribution is 7.90. The molecule has 0 aliphatic heterocycles. The number of benzene rings is 2. The van der Waals surface area contributed by atoms with Crippen LogP contribution in [0.25, 0.3) is 5.69 Å². The Morgan fingerprint density at radius 1 is 1.07 bits per heavy atom. The lowest BCUT2D eigenvalue weighted by atomic mass is 9.81. The maximum Gasteiger partial charge on any atom is 0.416 e. The number of anilines is 1. The number of sulfone groups is 1. The van der Waals surface area contributed by atoms with Crippen molar-refractivity contribution in [1.82, 2.24) is 9.78 Å². The van der Waals surface area contributed by atoms with E-state index in [1.54, 1.807) is 0 Å². The third-order valence-electron chi connectivity index (χ3n) is 7.32. The van der Waals surface area contributed by atoms with Gasteiger partial charge in [0.05, 0.1) is 35.9 Å². The summed E-state index contributed by atoms with van der Waals surface area (Å²) in [5.41, 5.74) is 7.71. The Hall–Kier alpha value is -4.80. The summed E-state index contributed by atoms with van der Waals surface area (Å²) in [7, 11) is -6.80. The first-order chi connectivity index (χ1) is 25.1. The van der Waals surface area contributed by atoms with E-state index >= 15 is 0 Å². The van der Waals surface area contributed by atoms with Gasteiger partial charge in [-0.1, -0.05) is 23.2 Å². The fourth-order valence-electron chi connectivity index (χ4n) is 4.56. The monoisotopic (exact) mass is 860 g/mol. The van der Waals surface area contributed by atoms with Crippen LogP contribution in [0.1, 0.15) is 41.6 Å². The molecule has 1 aliphatic carbocycles. The maximum atomic E-state index is 12.6. The second kappa shape index (κ2) is 18.2. The molecule has 0 radical (unpaired) electrons. The number of carboxylic acid groups (broad SMARTS) is 1. The van der Waals surface area contributed by atoms with Gasteiger partial charge in [-0.15, -0.1) is 0 Å². The molecule has 6 N–H and O–H groups in total. The number of Topliss-reactive ketones (excluding diaryl/α,β-unsaturated/α-hetero) is 3.